The first kappa shape index (κ1) is 18.3. The normalized spacial score (nSPS) is 19.3. The molecule has 1 N–H and O–H groups in total. The summed E-state index contributed by atoms with van der Waals surface area (Å²) < 4.78 is 44.7. The predicted octanol–water partition coefficient (Wildman–Crippen LogP) is 4.93. The molecule has 5 heteroatoms. The molecule has 0 fully saturated rings. The lowest BCUT2D eigenvalue weighted by molar-refractivity contribution is -0.0881. The Bertz CT molecular complexity index is 617. The average molecular weight is 337 g/mol. The highest BCUT2D eigenvalue weighted by molar-refractivity contribution is 5.34. The quantitative estimate of drug-likeness (QED) is 0.794. The van der Waals surface area contributed by atoms with Crippen LogP contribution in [0.4, 0.5) is 13.2 Å². The van der Waals surface area contributed by atoms with Crippen LogP contribution in [-0.2, 0) is 4.74 Å². The van der Waals surface area contributed by atoms with Crippen LogP contribution in [0, 0.1) is 5.92 Å². The van der Waals surface area contributed by atoms with Gasteiger partial charge < -0.3 is 10.1 Å². The van der Waals surface area contributed by atoms with E-state index in [-0.39, 0.29) is 12.0 Å². The van der Waals surface area contributed by atoms with Crippen LogP contribution in [0.5, 0.6) is 0 Å². The number of hydrogen-bond acceptors (Lipinski definition) is 2. The van der Waals surface area contributed by atoms with E-state index in [4.69, 9.17) is 4.74 Å². The van der Waals surface area contributed by atoms with Crippen LogP contribution in [0.1, 0.15) is 25.0 Å². The number of nitrogens with one attached hydrogen (secondary N) is 1. The van der Waals surface area contributed by atoms with E-state index in [0.29, 0.717) is 5.76 Å². The summed E-state index contributed by atoms with van der Waals surface area (Å²) in [6.07, 6.45) is 1.32. The maximum Gasteiger partial charge on any atom is 0.416 e. The molecule has 1 unspecified atom stereocenters. The number of hydrogen-bond donors (Lipinski definition) is 1. The number of allylic oxidation sites excluding steroid dienone is 5. The number of ether oxygens (including phenoxy) is 1. The van der Waals surface area contributed by atoms with Crippen molar-refractivity contribution in [1.29, 1.82) is 0 Å². The van der Waals surface area contributed by atoms with Crippen LogP contribution in [-0.4, -0.2) is 19.8 Å². The fourth-order valence-electron chi connectivity index (χ4n) is 2.46. The molecule has 0 saturated heterocycles. The molecule has 2 rings (SSSR count). The van der Waals surface area contributed by atoms with Crippen molar-refractivity contribution >= 4 is 0 Å². The van der Waals surface area contributed by atoms with Gasteiger partial charge in [-0.05, 0) is 31.3 Å². The molecule has 0 amide bonds. The van der Waals surface area contributed by atoms with Gasteiger partial charge in [-0.15, -0.1) is 0 Å². The minimum absolute atomic E-state index is 0.207. The Labute approximate surface area is 140 Å². The zero-order valence-corrected chi connectivity index (χ0v) is 13.8. The summed E-state index contributed by atoms with van der Waals surface area (Å²) in [5.74, 6) is 0.317. The highest BCUT2D eigenvalue weighted by Gasteiger charge is 2.32. The molecule has 0 spiro atoms. The topological polar surface area (TPSA) is 21.3 Å². The molecule has 1 aliphatic rings. The van der Waals surface area contributed by atoms with Gasteiger partial charge in [0, 0.05) is 12.3 Å². The maximum absolute atomic E-state index is 12.9. The summed E-state index contributed by atoms with van der Waals surface area (Å²) in [4.78, 5) is 0. The zero-order valence-electron chi connectivity index (χ0n) is 13.8. The minimum Gasteiger partial charge on any atom is -0.489 e. The van der Waals surface area contributed by atoms with E-state index in [9.17, 15) is 13.2 Å². The highest BCUT2D eigenvalue weighted by Crippen LogP contribution is 2.32. The first-order chi connectivity index (χ1) is 11.4. The van der Waals surface area contributed by atoms with Crippen molar-refractivity contribution in [3.8, 4) is 0 Å². The van der Waals surface area contributed by atoms with E-state index in [0.717, 1.165) is 30.7 Å². The summed E-state index contributed by atoms with van der Waals surface area (Å²) in [6, 6.07) is 9.71. The van der Waals surface area contributed by atoms with Crippen molar-refractivity contribution in [3.63, 3.8) is 0 Å². The predicted molar refractivity (Wildman–Crippen MR) is 89.3 cm³/mol. The van der Waals surface area contributed by atoms with Gasteiger partial charge in [-0.3, -0.25) is 0 Å². The van der Waals surface area contributed by atoms with Gasteiger partial charge in [0.15, 0.2) is 0 Å². The largest absolute Gasteiger partial charge is 0.489 e. The van der Waals surface area contributed by atoms with E-state index in [2.05, 4.69) is 5.32 Å². The monoisotopic (exact) mass is 337 g/mol. The summed E-state index contributed by atoms with van der Waals surface area (Å²) in [5, 5.41) is 3.08. The zero-order chi connectivity index (χ0) is 17.6. The molecule has 0 aromatic heterocycles. The molecule has 130 valence electrons. The Hall–Kier alpha value is -2.01. The number of halogens is 3. The standard InChI is InChI=1S/C19H22F3NO/c1-14-8-9-16(19(20,21)22)10-11-17(14)24-18(12-13-23-2)15-6-4-3-5-7-15/h3-11,14,18,23H,12-13H2,1-2H3/t14-,18?/m1/s1. The van der Waals surface area contributed by atoms with Crippen molar-refractivity contribution in [2.75, 3.05) is 13.6 Å². The molecule has 0 heterocycles. The molecule has 1 aliphatic carbocycles. The first-order valence-electron chi connectivity index (χ1n) is 7.95. The van der Waals surface area contributed by atoms with Crippen LogP contribution < -0.4 is 5.32 Å². The van der Waals surface area contributed by atoms with Gasteiger partial charge in [-0.25, -0.2) is 0 Å². The van der Waals surface area contributed by atoms with E-state index in [1.165, 1.54) is 12.2 Å². The summed E-state index contributed by atoms with van der Waals surface area (Å²) in [7, 11) is 1.86. The molecule has 1 aromatic rings. The second kappa shape index (κ2) is 8.20. The van der Waals surface area contributed by atoms with Crippen molar-refractivity contribution in [1.82, 2.24) is 5.32 Å². The second-order valence-electron chi connectivity index (χ2n) is 5.75. The lowest BCUT2D eigenvalue weighted by atomic mass is 10.0. The molecule has 0 saturated carbocycles. The Morgan fingerprint density at radius 1 is 1.17 bits per heavy atom. The Balaban J connectivity index is 2.23. The van der Waals surface area contributed by atoms with Gasteiger partial charge in [0.05, 0.1) is 5.57 Å². The van der Waals surface area contributed by atoms with Crippen LogP contribution in [0.25, 0.3) is 0 Å². The molecule has 1 aromatic carbocycles. The van der Waals surface area contributed by atoms with Gasteiger partial charge in [-0.2, -0.15) is 13.2 Å². The minimum atomic E-state index is -4.35. The van der Waals surface area contributed by atoms with E-state index >= 15 is 0 Å². The Morgan fingerprint density at radius 3 is 2.50 bits per heavy atom. The fourth-order valence-corrected chi connectivity index (χ4v) is 2.46. The SMILES string of the molecule is CNCCC(OC1=CC=C(C(F)(F)F)C=C[C@H]1C)c1ccccc1. The van der Waals surface area contributed by atoms with Crippen LogP contribution in [0.2, 0.25) is 0 Å². The lowest BCUT2D eigenvalue weighted by Gasteiger charge is -2.23. The Morgan fingerprint density at radius 2 is 1.88 bits per heavy atom. The van der Waals surface area contributed by atoms with Gasteiger partial charge in [0.1, 0.15) is 11.9 Å². The molecule has 0 bridgehead atoms. The molecule has 24 heavy (non-hydrogen) atoms. The Kier molecular flexibility index (Phi) is 6.26. The molecular formula is C19H22F3NO. The van der Waals surface area contributed by atoms with Crippen LogP contribution in [0.15, 0.2) is 66.0 Å². The van der Waals surface area contributed by atoms with E-state index in [1.54, 1.807) is 0 Å². The van der Waals surface area contributed by atoms with Gasteiger partial charge in [0.2, 0.25) is 0 Å². The molecule has 0 radical (unpaired) electrons. The van der Waals surface area contributed by atoms with Gasteiger partial charge in [-0.1, -0.05) is 49.4 Å². The fraction of sp³-hybridized carbons (Fsp3) is 0.368. The van der Waals surface area contributed by atoms with Gasteiger partial charge in [0.25, 0.3) is 0 Å². The number of alkyl halides is 3. The van der Waals surface area contributed by atoms with Gasteiger partial charge >= 0.3 is 6.18 Å². The lowest BCUT2D eigenvalue weighted by Crippen LogP contribution is -2.15. The summed E-state index contributed by atoms with van der Waals surface area (Å²) >= 11 is 0. The second-order valence-corrected chi connectivity index (χ2v) is 5.75. The molecule has 2 atom stereocenters. The third kappa shape index (κ3) is 4.99. The van der Waals surface area contributed by atoms with Crippen LogP contribution in [0.3, 0.4) is 0 Å². The molecule has 0 aliphatic heterocycles. The third-order valence-corrected chi connectivity index (χ3v) is 3.87. The highest BCUT2D eigenvalue weighted by atomic mass is 19.4. The number of benzene rings is 1. The van der Waals surface area contributed by atoms with E-state index < -0.39 is 11.7 Å². The first-order valence-corrected chi connectivity index (χ1v) is 7.95. The third-order valence-electron chi connectivity index (χ3n) is 3.87. The van der Waals surface area contributed by atoms with Crippen molar-refractivity contribution in [2.45, 2.75) is 25.6 Å². The summed E-state index contributed by atoms with van der Waals surface area (Å²) in [6.45, 7) is 2.58. The van der Waals surface area contributed by atoms with Crippen molar-refractivity contribution in [2.24, 2.45) is 5.92 Å². The summed E-state index contributed by atoms with van der Waals surface area (Å²) in [5.41, 5.74) is 0.341. The number of rotatable bonds is 6. The molecule has 2 nitrogen and oxygen atoms in total. The van der Waals surface area contributed by atoms with Crippen molar-refractivity contribution in [3.05, 3.63) is 71.5 Å². The van der Waals surface area contributed by atoms with Crippen LogP contribution >= 0.6 is 0 Å². The average Bonchev–Trinajstić information content (AvgIpc) is 2.74. The molecular weight excluding hydrogens is 315 g/mol. The smallest absolute Gasteiger partial charge is 0.416 e. The maximum atomic E-state index is 12.9. The van der Waals surface area contributed by atoms with Crippen molar-refractivity contribution < 1.29 is 17.9 Å². The van der Waals surface area contributed by atoms with E-state index in [1.807, 2.05) is 44.3 Å².